The summed E-state index contributed by atoms with van der Waals surface area (Å²) in [6.45, 7) is 5.51. The van der Waals surface area contributed by atoms with Crippen LogP contribution < -0.4 is 5.32 Å². The second-order valence-corrected chi connectivity index (χ2v) is 8.14. The van der Waals surface area contributed by atoms with E-state index >= 15 is 0 Å². The van der Waals surface area contributed by atoms with Crippen molar-refractivity contribution in [3.05, 3.63) is 53.3 Å². The van der Waals surface area contributed by atoms with Crippen LogP contribution in [0.25, 0.3) is 0 Å². The molecule has 2 N–H and O–H groups in total. The number of piperidine rings is 1. The number of hydrogen-bond acceptors (Lipinski definition) is 5. The molecule has 0 bridgehead atoms. The van der Waals surface area contributed by atoms with Gasteiger partial charge < -0.3 is 15.3 Å². The molecule has 6 nitrogen and oxygen atoms in total. The van der Waals surface area contributed by atoms with Crippen LogP contribution in [-0.2, 0) is 25.2 Å². The maximum absolute atomic E-state index is 11.5. The fourth-order valence-corrected chi connectivity index (χ4v) is 4.51. The number of nitrogens with zero attached hydrogens (tertiary/aromatic N) is 4. The summed E-state index contributed by atoms with van der Waals surface area (Å²) in [5.74, 6) is 0. The molecule has 2 aliphatic rings. The number of fused-ring (bicyclic) bond motifs is 1. The van der Waals surface area contributed by atoms with E-state index in [1.54, 1.807) is 0 Å². The monoisotopic (exact) mass is 441 g/mol. The van der Waals surface area contributed by atoms with Crippen LogP contribution in [0.2, 0.25) is 0 Å². The number of hydrogen-bond donors (Lipinski definition) is 2. The molecule has 8 heteroatoms. The third-order valence-corrected chi connectivity index (χ3v) is 6.02. The van der Waals surface area contributed by atoms with Crippen molar-refractivity contribution in [2.45, 2.75) is 44.1 Å². The lowest BCUT2D eigenvalue weighted by Crippen LogP contribution is -2.58. The predicted octanol–water partition coefficient (Wildman–Crippen LogP) is 2.24. The number of nitrogens with one attached hydrogen (secondary N) is 1. The number of aromatic nitrogens is 2. The van der Waals surface area contributed by atoms with E-state index in [1.165, 1.54) is 5.69 Å². The van der Waals surface area contributed by atoms with Crippen molar-refractivity contribution in [3.8, 4) is 0 Å². The van der Waals surface area contributed by atoms with Gasteiger partial charge in [0.15, 0.2) is 0 Å². The summed E-state index contributed by atoms with van der Waals surface area (Å²) >= 11 is 0. The van der Waals surface area contributed by atoms with Crippen LogP contribution in [0.1, 0.15) is 29.8 Å². The molecule has 1 aromatic carbocycles. The summed E-state index contributed by atoms with van der Waals surface area (Å²) in [6, 6.07) is 12.4. The van der Waals surface area contributed by atoms with Crippen LogP contribution >= 0.6 is 24.8 Å². The topological polar surface area (TPSA) is 56.6 Å². The normalized spacial score (nSPS) is 24.9. The number of halogens is 2. The van der Waals surface area contributed by atoms with Crippen molar-refractivity contribution in [2.75, 3.05) is 33.7 Å². The Morgan fingerprint density at radius 2 is 1.97 bits per heavy atom. The summed E-state index contributed by atoms with van der Waals surface area (Å²) in [6.07, 6.45) is 1.86. The van der Waals surface area contributed by atoms with Crippen molar-refractivity contribution in [1.82, 2.24) is 24.9 Å². The predicted molar refractivity (Wildman–Crippen MR) is 121 cm³/mol. The molecular formula is C21H33Cl2N5O. The quantitative estimate of drug-likeness (QED) is 0.761. The van der Waals surface area contributed by atoms with Gasteiger partial charge in [-0.25, -0.2) is 0 Å². The number of aliphatic hydroxyl groups is 1. The molecule has 0 aliphatic carbocycles. The highest BCUT2D eigenvalue weighted by Crippen LogP contribution is 2.35. The molecule has 162 valence electrons. The Balaban J connectivity index is 0.00000150. The molecule has 0 amide bonds. The van der Waals surface area contributed by atoms with E-state index in [9.17, 15) is 5.11 Å². The highest BCUT2D eigenvalue weighted by molar-refractivity contribution is 5.85. The summed E-state index contributed by atoms with van der Waals surface area (Å²) in [4.78, 5) is 4.59. The molecule has 1 fully saturated rings. The van der Waals surface area contributed by atoms with E-state index in [0.717, 1.165) is 63.4 Å². The Bertz CT molecular complexity index is 746. The Morgan fingerprint density at radius 3 is 2.69 bits per heavy atom. The third kappa shape index (κ3) is 5.13. The second-order valence-electron chi connectivity index (χ2n) is 8.14. The summed E-state index contributed by atoms with van der Waals surface area (Å²) in [5.41, 5.74) is 2.63. The zero-order valence-electron chi connectivity index (χ0n) is 17.3. The maximum atomic E-state index is 11.5. The number of aryl methyl sites for hydroxylation is 1. The largest absolute Gasteiger partial charge is 0.383 e. The molecule has 2 aliphatic heterocycles. The molecule has 1 aromatic heterocycles. The van der Waals surface area contributed by atoms with E-state index in [1.807, 2.05) is 30.3 Å². The molecule has 2 aromatic rings. The van der Waals surface area contributed by atoms with Crippen molar-refractivity contribution >= 4 is 24.8 Å². The van der Waals surface area contributed by atoms with Gasteiger partial charge in [0, 0.05) is 32.7 Å². The SMILES string of the molecule is CN(C)[C@@H]1CN(Cc2cc3n(n2)CCCNC3)CC[C@]1(O)c1ccccc1.Cl.Cl. The first kappa shape index (κ1) is 24.1. The first-order valence-corrected chi connectivity index (χ1v) is 9.99. The molecule has 0 radical (unpaired) electrons. The molecule has 2 atom stereocenters. The Hall–Kier alpha value is -1.15. The Labute approximate surface area is 186 Å². The summed E-state index contributed by atoms with van der Waals surface area (Å²) in [5, 5.41) is 19.8. The fraction of sp³-hybridized carbons (Fsp3) is 0.571. The van der Waals surface area contributed by atoms with Crippen LogP contribution in [0, 0.1) is 0 Å². The average Bonchev–Trinajstić information content (AvgIpc) is 2.92. The molecule has 1 saturated heterocycles. The van der Waals surface area contributed by atoms with E-state index < -0.39 is 5.60 Å². The Kier molecular flexibility index (Phi) is 8.52. The van der Waals surface area contributed by atoms with Gasteiger partial charge in [-0.1, -0.05) is 30.3 Å². The van der Waals surface area contributed by atoms with Gasteiger partial charge in [-0.3, -0.25) is 9.58 Å². The van der Waals surface area contributed by atoms with E-state index in [0.29, 0.717) is 0 Å². The van der Waals surface area contributed by atoms with Crippen LogP contribution in [0.3, 0.4) is 0 Å². The third-order valence-electron chi connectivity index (χ3n) is 6.02. The molecule has 0 saturated carbocycles. The van der Waals surface area contributed by atoms with Gasteiger partial charge in [0.25, 0.3) is 0 Å². The van der Waals surface area contributed by atoms with E-state index in [4.69, 9.17) is 5.10 Å². The summed E-state index contributed by atoms with van der Waals surface area (Å²) in [7, 11) is 4.12. The second kappa shape index (κ2) is 10.2. The maximum Gasteiger partial charge on any atom is 0.107 e. The van der Waals surface area contributed by atoms with E-state index in [-0.39, 0.29) is 30.9 Å². The van der Waals surface area contributed by atoms with Crippen LogP contribution in [0.5, 0.6) is 0 Å². The minimum Gasteiger partial charge on any atom is -0.383 e. The number of rotatable bonds is 4. The highest BCUT2D eigenvalue weighted by Gasteiger charge is 2.44. The van der Waals surface area contributed by atoms with Gasteiger partial charge in [0.1, 0.15) is 5.60 Å². The van der Waals surface area contributed by atoms with E-state index in [2.05, 4.69) is 40.0 Å². The highest BCUT2D eigenvalue weighted by atomic mass is 35.5. The van der Waals surface area contributed by atoms with Gasteiger partial charge >= 0.3 is 0 Å². The minimum atomic E-state index is -0.809. The molecule has 0 unspecified atom stereocenters. The van der Waals surface area contributed by atoms with Crippen LogP contribution in [0.15, 0.2) is 36.4 Å². The first-order valence-electron chi connectivity index (χ1n) is 9.99. The molecule has 4 rings (SSSR count). The zero-order valence-corrected chi connectivity index (χ0v) is 18.9. The van der Waals surface area contributed by atoms with Gasteiger partial charge in [0.05, 0.1) is 17.4 Å². The van der Waals surface area contributed by atoms with Gasteiger partial charge in [-0.15, -0.1) is 24.8 Å². The lowest BCUT2D eigenvalue weighted by atomic mass is 9.80. The standard InChI is InChI=1S/C21H31N5O.2ClH/c1-24(2)20-16-25(12-9-21(20,27)17-7-4-3-5-8-17)15-18-13-19-14-22-10-6-11-26(19)23-18;;/h3-5,7-8,13,20,22,27H,6,9-12,14-16H2,1-2H3;2*1H/t20-,21+;;/m1../s1. The van der Waals surface area contributed by atoms with Crippen molar-refractivity contribution in [2.24, 2.45) is 0 Å². The van der Waals surface area contributed by atoms with Crippen molar-refractivity contribution < 1.29 is 5.11 Å². The first-order chi connectivity index (χ1) is 13.1. The smallest absolute Gasteiger partial charge is 0.107 e. The molecule has 0 spiro atoms. The fourth-order valence-electron chi connectivity index (χ4n) is 4.51. The molecule has 29 heavy (non-hydrogen) atoms. The van der Waals surface area contributed by atoms with Crippen LogP contribution in [-0.4, -0.2) is 64.5 Å². The van der Waals surface area contributed by atoms with Gasteiger partial charge in [0.2, 0.25) is 0 Å². The number of likely N-dealkylation sites (N-methyl/N-ethyl adjacent to an activating group) is 1. The summed E-state index contributed by atoms with van der Waals surface area (Å²) < 4.78 is 2.16. The lowest BCUT2D eigenvalue weighted by Gasteiger charge is -2.47. The number of benzene rings is 1. The van der Waals surface area contributed by atoms with Crippen LogP contribution in [0.4, 0.5) is 0 Å². The molecule has 3 heterocycles. The lowest BCUT2D eigenvalue weighted by molar-refractivity contribution is -0.0894. The van der Waals surface area contributed by atoms with Gasteiger partial charge in [-0.2, -0.15) is 5.10 Å². The zero-order chi connectivity index (χ0) is 18.9. The van der Waals surface area contributed by atoms with Crippen molar-refractivity contribution in [1.29, 1.82) is 0 Å². The Morgan fingerprint density at radius 1 is 1.21 bits per heavy atom. The van der Waals surface area contributed by atoms with Crippen molar-refractivity contribution in [3.63, 3.8) is 0 Å². The number of likely N-dealkylation sites (tertiary alicyclic amines) is 1. The molecular weight excluding hydrogens is 409 g/mol. The average molecular weight is 442 g/mol. The minimum absolute atomic E-state index is 0. The van der Waals surface area contributed by atoms with Gasteiger partial charge in [-0.05, 0) is 45.1 Å².